The summed E-state index contributed by atoms with van der Waals surface area (Å²) < 4.78 is 0. The van der Waals surface area contributed by atoms with Crippen LogP contribution in [-0.4, -0.2) is 87.9 Å². The Labute approximate surface area is 343 Å². The standard InChI is InChI=1S/C44H50N8O7/c1-24(2)20-27-6-9-29(10-7-27)34-13-12-31(25(3)48-34)41(56)50-35(16-17-45)44(59)52(5)39-30-11-15-38(54)33(23-30)32-21-28(8-14-37(32)53)22-36(42(57)47-19-18-46)51-40(55)26(4)49-43(39)58/h6-15,21,23-24,26,35-36,39,53-54H,16-17,19-20,22,45H2,1-5H3,(H,47,57)(H,49,58)(H,50,56)(H,51,55)/t26-,35?,36-,39-/m0/s1. The first-order valence-corrected chi connectivity index (χ1v) is 19.4. The van der Waals surface area contributed by atoms with E-state index < -0.39 is 53.7 Å². The monoisotopic (exact) mass is 802 g/mol. The third-order valence-electron chi connectivity index (χ3n) is 10.1. The van der Waals surface area contributed by atoms with E-state index in [2.05, 4.69) is 52.2 Å². The molecule has 1 aliphatic rings. The summed E-state index contributed by atoms with van der Waals surface area (Å²) in [4.78, 5) is 74.7. The summed E-state index contributed by atoms with van der Waals surface area (Å²) in [6.45, 7) is 7.11. The second-order valence-electron chi connectivity index (χ2n) is 15.1. The molecule has 4 bridgehead atoms. The molecule has 0 radical (unpaired) electrons. The van der Waals surface area contributed by atoms with Crippen molar-refractivity contribution < 1.29 is 34.2 Å². The summed E-state index contributed by atoms with van der Waals surface area (Å²) in [5, 5.41) is 41.4. The number of phenolic OH excluding ortho intramolecular Hbond substituents is 2. The van der Waals surface area contributed by atoms with Crippen LogP contribution in [0, 0.1) is 24.2 Å². The van der Waals surface area contributed by atoms with E-state index >= 15 is 0 Å². The molecule has 308 valence electrons. The second kappa shape index (κ2) is 19.1. The number of nitrogens with zero attached hydrogens (tertiary/aromatic N) is 3. The van der Waals surface area contributed by atoms with Crippen molar-refractivity contribution in [3.05, 3.63) is 101 Å². The molecule has 15 nitrogen and oxygen atoms in total. The zero-order valence-corrected chi connectivity index (χ0v) is 33.7. The van der Waals surface area contributed by atoms with Gasteiger partial charge in [-0.3, -0.25) is 29.0 Å². The maximum Gasteiger partial charge on any atom is 0.253 e. The Morgan fingerprint density at radius 2 is 1.64 bits per heavy atom. The van der Waals surface area contributed by atoms with E-state index in [0.29, 0.717) is 22.9 Å². The fourth-order valence-electron chi connectivity index (χ4n) is 7.04. The van der Waals surface area contributed by atoms with Crippen LogP contribution in [0.3, 0.4) is 0 Å². The van der Waals surface area contributed by atoms with Gasteiger partial charge in [-0.15, -0.1) is 0 Å². The third-order valence-corrected chi connectivity index (χ3v) is 10.1. The van der Waals surface area contributed by atoms with Crippen LogP contribution < -0.4 is 27.0 Å². The van der Waals surface area contributed by atoms with Crippen molar-refractivity contribution in [2.24, 2.45) is 11.7 Å². The zero-order chi connectivity index (χ0) is 43.0. The Morgan fingerprint density at radius 3 is 2.29 bits per heavy atom. The molecule has 8 N–H and O–H groups in total. The molecule has 4 atom stereocenters. The highest BCUT2D eigenvalue weighted by Gasteiger charge is 2.36. The number of carbonyl (C=O) groups is 5. The second-order valence-corrected chi connectivity index (χ2v) is 15.1. The predicted octanol–water partition coefficient (Wildman–Crippen LogP) is 3.17. The average molecular weight is 803 g/mol. The number of nitrogens with one attached hydrogen (secondary N) is 4. The largest absolute Gasteiger partial charge is 0.507 e. The lowest BCUT2D eigenvalue weighted by Crippen LogP contribution is -2.56. The molecular weight excluding hydrogens is 753 g/mol. The highest BCUT2D eigenvalue weighted by Crippen LogP contribution is 2.39. The van der Waals surface area contributed by atoms with Gasteiger partial charge >= 0.3 is 0 Å². The molecule has 4 aromatic rings. The van der Waals surface area contributed by atoms with E-state index in [-0.39, 0.29) is 59.7 Å². The third kappa shape index (κ3) is 10.4. The predicted molar refractivity (Wildman–Crippen MR) is 220 cm³/mol. The molecule has 0 aliphatic carbocycles. The van der Waals surface area contributed by atoms with E-state index in [1.54, 1.807) is 25.1 Å². The maximum atomic E-state index is 14.4. The van der Waals surface area contributed by atoms with Crippen molar-refractivity contribution >= 4 is 29.5 Å². The fraction of sp³-hybridized carbons (Fsp3) is 0.341. The Balaban J connectivity index is 1.47. The Bertz CT molecular complexity index is 2270. The maximum absolute atomic E-state index is 14.4. The zero-order valence-electron chi connectivity index (χ0n) is 33.7. The number of hydrogen-bond donors (Lipinski definition) is 7. The molecule has 3 aromatic carbocycles. The molecule has 0 saturated heterocycles. The molecule has 1 aromatic heterocycles. The normalized spacial score (nSPS) is 17.1. The lowest BCUT2D eigenvalue weighted by molar-refractivity contribution is -0.141. The van der Waals surface area contributed by atoms with Crippen molar-refractivity contribution in [1.29, 1.82) is 5.26 Å². The average Bonchev–Trinajstić information content (AvgIpc) is 3.20. The van der Waals surface area contributed by atoms with Crippen molar-refractivity contribution in [2.75, 3.05) is 20.1 Å². The van der Waals surface area contributed by atoms with Crippen LogP contribution in [0.2, 0.25) is 0 Å². The highest BCUT2D eigenvalue weighted by molar-refractivity contribution is 6.00. The summed E-state index contributed by atoms with van der Waals surface area (Å²) in [6, 6.07) is 16.9. The molecule has 5 amide bonds. The number of phenols is 2. The van der Waals surface area contributed by atoms with Gasteiger partial charge < -0.3 is 42.1 Å². The van der Waals surface area contributed by atoms with E-state index in [1.165, 1.54) is 49.9 Å². The minimum atomic E-state index is -1.44. The summed E-state index contributed by atoms with van der Waals surface area (Å²) in [7, 11) is 1.37. The molecular formula is C44H50N8O7. The topological polar surface area (TPSA) is 240 Å². The first-order valence-electron chi connectivity index (χ1n) is 19.4. The number of aryl methyl sites for hydroxylation is 1. The number of hydrogen-bond acceptors (Lipinski definition) is 10. The van der Waals surface area contributed by atoms with E-state index in [0.717, 1.165) is 16.9 Å². The summed E-state index contributed by atoms with van der Waals surface area (Å²) in [5.41, 5.74) is 10.4. The number of aromatic nitrogens is 1. The molecule has 1 aliphatic heterocycles. The molecule has 1 unspecified atom stereocenters. The van der Waals surface area contributed by atoms with Gasteiger partial charge in [0.05, 0.1) is 23.0 Å². The van der Waals surface area contributed by atoms with Gasteiger partial charge in [0.2, 0.25) is 23.6 Å². The summed E-state index contributed by atoms with van der Waals surface area (Å²) >= 11 is 0. The van der Waals surface area contributed by atoms with Gasteiger partial charge in [-0.1, -0.05) is 50.2 Å². The van der Waals surface area contributed by atoms with Gasteiger partial charge in [0.15, 0.2) is 0 Å². The van der Waals surface area contributed by atoms with Crippen LogP contribution in [0.15, 0.2) is 72.8 Å². The molecule has 15 heteroatoms. The van der Waals surface area contributed by atoms with E-state index in [4.69, 9.17) is 11.0 Å². The molecule has 5 rings (SSSR count). The van der Waals surface area contributed by atoms with Crippen LogP contribution in [0.25, 0.3) is 22.4 Å². The number of fused-ring (bicyclic) bond motifs is 5. The summed E-state index contributed by atoms with van der Waals surface area (Å²) in [6.07, 6.45) is 0.900. The number of aromatic hydroxyl groups is 2. The van der Waals surface area contributed by atoms with Crippen LogP contribution in [-0.2, 0) is 32.0 Å². The number of benzene rings is 3. The lowest BCUT2D eigenvalue weighted by atomic mass is 9.93. The number of rotatable bonds is 11. The van der Waals surface area contributed by atoms with E-state index in [1.807, 2.05) is 18.2 Å². The van der Waals surface area contributed by atoms with Gasteiger partial charge in [-0.05, 0) is 92.2 Å². The first-order chi connectivity index (χ1) is 28.1. The Kier molecular flexibility index (Phi) is 14.0. The first kappa shape index (κ1) is 43.3. The minimum absolute atomic E-state index is 0.00363. The van der Waals surface area contributed by atoms with E-state index in [9.17, 15) is 34.2 Å². The number of carbonyl (C=O) groups excluding carboxylic acids is 5. The highest BCUT2D eigenvalue weighted by atomic mass is 16.3. The van der Waals surface area contributed by atoms with Crippen LogP contribution in [0.4, 0.5) is 0 Å². The van der Waals surface area contributed by atoms with Gasteiger partial charge in [-0.2, -0.15) is 5.26 Å². The molecule has 0 fully saturated rings. The smallest absolute Gasteiger partial charge is 0.253 e. The van der Waals surface area contributed by atoms with Crippen molar-refractivity contribution in [3.8, 4) is 40.0 Å². The molecule has 59 heavy (non-hydrogen) atoms. The van der Waals surface area contributed by atoms with Gasteiger partial charge in [0.1, 0.15) is 42.2 Å². The number of nitriles is 1. The molecule has 0 spiro atoms. The van der Waals surface area contributed by atoms with Gasteiger partial charge in [0, 0.05) is 30.2 Å². The van der Waals surface area contributed by atoms with Crippen molar-refractivity contribution in [3.63, 3.8) is 0 Å². The minimum Gasteiger partial charge on any atom is -0.507 e. The number of nitrogens with two attached hydrogens (primary N) is 1. The lowest BCUT2D eigenvalue weighted by Gasteiger charge is -2.32. The SMILES string of the molecule is Cc1nc(-c2ccc(CC(C)C)cc2)ccc1C(=O)NC(CCN)C(=O)N(C)[C@@H]1C(=O)N[C@@H](C)C(=O)N[C@H](C(=O)NCC#N)Cc2ccc(O)c(c2)-c2cc1ccc2O. The van der Waals surface area contributed by atoms with Crippen LogP contribution in [0.1, 0.15) is 66.0 Å². The number of likely N-dealkylation sites (N-methyl/N-ethyl adjacent to an activating group) is 1. The summed E-state index contributed by atoms with van der Waals surface area (Å²) in [5.74, 6) is -3.41. The molecule has 2 heterocycles. The van der Waals surface area contributed by atoms with Gasteiger partial charge in [-0.25, -0.2) is 0 Å². The number of pyridine rings is 1. The Morgan fingerprint density at radius 1 is 0.966 bits per heavy atom. The van der Waals surface area contributed by atoms with Crippen molar-refractivity contribution in [2.45, 2.75) is 71.1 Å². The van der Waals surface area contributed by atoms with Gasteiger partial charge in [0.25, 0.3) is 5.91 Å². The quantitative estimate of drug-likeness (QED) is 0.109. The van der Waals surface area contributed by atoms with Crippen molar-refractivity contribution in [1.82, 2.24) is 31.2 Å². The van der Waals surface area contributed by atoms with Crippen LogP contribution in [0.5, 0.6) is 11.5 Å². The number of amides is 5. The fourth-order valence-corrected chi connectivity index (χ4v) is 7.04. The van der Waals surface area contributed by atoms with Crippen LogP contribution >= 0.6 is 0 Å². The molecule has 0 saturated carbocycles. The Hall–Kier alpha value is -6.79.